The van der Waals surface area contributed by atoms with Gasteiger partial charge in [-0.1, -0.05) is 32.9 Å². The minimum atomic E-state index is -1.56. The highest BCUT2D eigenvalue weighted by Crippen LogP contribution is 2.10. The quantitative estimate of drug-likeness (QED) is 0.0306. The molecule has 5 amide bonds. The second kappa shape index (κ2) is 20.2. The van der Waals surface area contributed by atoms with Gasteiger partial charge in [0.25, 0.3) is 0 Å². The number of carbonyl (C=O) groups is 7. The number of esters is 1. The molecule has 0 aromatic carbocycles. The van der Waals surface area contributed by atoms with Gasteiger partial charge in [-0.15, -0.1) is 11.8 Å². The van der Waals surface area contributed by atoms with E-state index in [1.165, 1.54) is 38.6 Å². The van der Waals surface area contributed by atoms with Crippen LogP contribution in [0.15, 0.2) is 12.7 Å². The molecule has 9 N–H and O–H groups in total. The predicted octanol–water partition coefficient (Wildman–Crippen LogP) is -2.27. The number of carboxylic acid groups (broad SMARTS) is 1. The van der Waals surface area contributed by atoms with Crippen molar-refractivity contribution in [3.63, 3.8) is 0 Å². The molecule has 0 fully saturated rings. The largest absolute Gasteiger partial charge is 0.481 e. The lowest BCUT2D eigenvalue weighted by atomic mass is 9.97. The van der Waals surface area contributed by atoms with Crippen LogP contribution in [0, 0.1) is 5.92 Å². The second-order valence-electron chi connectivity index (χ2n) is 9.76. The molecule has 0 rings (SSSR count). The number of aliphatic carboxylic acids is 1. The zero-order valence-corrected chi connectivity index (χ0v) is 25.8. The number of hydrogen-bond acceptors (Lipinski definition) is 11. The molecule has 0 aliphatic rings. The first-order valence-corrected chi connectivity index (χ1v) is 14.7. The van der Waals surface area contributed by atoms with Gasteiger partial charge in [0.15, 0.2) is 0 Å². The van der Waals surface area contributed by atoms with Gasteiger partial charge in [-0.25, -0.2) is 4.79 Å². The average Bonchev–Trinajstić information content (AvgIpc) is 2.93. The van der Waals surface area contributed by atoms with Gasteiger partial charge in [0.1, 0.15) is 30.8 Å². The van der Waals surface area contributed by atoms with E-state index in [0.717, 1.165) is 0 Å². The summed E-state index contributed by atoms with van der Waals surface area (Å²) in [6.07, 6.45) is -0.504. The maximum atomic E-state index is 13.2. The molecule has 0 aromatic rings. The van der Waals surface area contributed by atoms with Gasteiger partial charge in [0, 0.05) is 12.7 Å². The van der Waals surface area contributed by atoms with Crippen LogP contribution in [0.3, 0.4) is 0 Å². The van der Waals surface area contributed by atoms with Crippen LogP contribution in [0.1, 0.15) is 47.5 Å². The molecular weight excluding hydrogens is 588 g/mol. The van der Waals surface area contributed by atoms with Crippen LogP contribution in [0.25, 0.3) is 0 Å². The van der Waals surface area contributed by atoms with Crippen LogP contribution in [0.5, 0.6) is 0 Å². The Bertz CT molecular complexity index is 1010. The predicted molar refractivity (Wildman–Crippen MR) is 157 cm³/mol. The summed E-state index contributed by atoms with van der Waals surface area (Å²) in [7, 11) is 0. The Balaban J connectivity index is 5.46. The number of carboxylic acids is 1. The van der Waals surface area contributed by atoms with Crippen molar-refractivity contribution in [2.75, 3.05) is 18.2 Å². The van der Waals surface area contributed by atoms with Crippen molar-refractivity contribution in [2.24, 2.45) is 11.7 Å². The Hall–Kier alpha value is -3.70. The molecule has 43 heavy (non-hydrogen) atoms. The van der Waals surface area contributed by atoms with Gasteiger partial charge in [-0.3, -0.25) is 28.8 Å². The van der Waals surface area contributed by atoms with E-state index in [1.807, 2.05) is 0 Å². The molecule has 0 saturated heterocycles. The molecule has 0 radical (unpaired) electrons. The molecule has 0 aliphatic heterocycles. The first-order valence-electron chi connectivity index (χ1n) is 13.5. The summed E-state index contributed by atoms with van der Waals surface area (Å²) in [5.74, 6) is -5.97. The number of amides is 5. The number of rotatable bonds is 20. The van der Waals surface area contributed by atoms with Gasteiger partial charge in [0.05, 0.1) is 24.4 Å². The first-order chi connectivity index (χ1) is 20.0. The van der Waals surface area contributed by atoms with Crippen molar-refractivity contribution in [3.05, 3.63) is 12.7 Å². The molecule has 244 valence electrons. The monoisotopic (exact) mass is 632 g/mol. The summed E-state index contributed by atoms with van der Waals surface area (Å²) in [5.41, 5.74) is 5.92. The third-order valence-electron chi connectivity index (χ3n) is 5.99. The van der Waals surface area contributed by atoms with Crippen molar-refractivity contribution in [1.82, 2.24) is 26.6 Å². The van der Waals surface area contributed by atoms with Crippen LogP contribution in [-0.2, 0) is 38.3 Å². The van der Waals surface area contributed by atoms with Gasteiger partial charge < -0.3 is 47.3 Å². The average molecular weight is 633 g/mol. The molecule has 16 nitrogen and oxygen atoms in total. The van der Waals surface area contributed by atoms with E-state index in [0.29, 0.717) is 6.42 Å². The Labute approximate surface area is 254 Å². The van der Waals surface area contributed by atoms with Crippen molar-refractivity contribution in [1.29, 1.82) is 0 Å². The summed E-state index contributed by atoms with van der Waals surface area (Å²) in [4.78, 5) is 85.7. The van der Waals surface area contributed by atoms with E-state index in [-0.39, 0.29) is 24.1 Å². The van der Waals surface area contributed by atoms with Crippen LogP contribution in [-0.4, -0.2) is 106 Å². The minimum Gasteiger partial charge on any atom is -0.481 e. The molecule has 0 aliphatic carbocycles. The third kappa shape index (κ3) is 15.4. The molecule has 0 unspecified atom stereocenters. The van der Waals surface area contributed by atoms with Crippen LogP contribution in [0.2, 0.25) is 0 Å². The maximum Gasteiger partial charge on any atom is 0.329 e. The highest BCUT2D eigenvalue weighted by Gasteiger charge is 2.34. The molecule has 0 spiro atoms. The summed E-state index contributed by atoms with van der Waals surface area (Å²) in [6.45, 7) is 10.5. The molecule has 0 saturated carbocycles. The Kier molecular flexibility index (Phi) is 18.5. The third-order valence-corrected chi connectivity index (χ3v) is 6.93. The molecule has 0 heterocycles. The molecule has 0 bridgehead atoms. The zero-order valence-electron chi connectivity index (χ0n) is 25.0. The summed E-state index contributed by atoms with van der Waals surface area (Å²) in [5, 5.41) is 31.3. The van der Waals surface area contributed by atoms with Crippen LogP contribution < -0.4 is 32.3 Å². The van der Waals surface area contributed by atoms with Crippen molar-refractivity contribution in [2.45, 2.75) is 83.8 Å². The van der Waals surface area contributed by atoms with Crippen LogP contribution in [0.4, 0.5) is 0 Å². The second-order valence-corrected chi connectivity index (χ2v) is 10.8. The van der Waals surface area contributed by atoms with Crippen LogP contribution >= 0.6 is 11.8 Å². The number of aliphatic hydroxyl groups is 1. The molecule has 0 aromatic heterocycles. The van der Waals surface area contributed by atoms with Crippen molar-refractivity contribution >= 4 is 53.2 Å². The fraction of sp³-hybridized carbons (Fsp3) is 0.654. The number of nitrogens with two attached hydrogens (primary N) is 1. The lowest BCUT2D eigenvalue weighted by Gasteiger charge is -2.29. The summed E-state index contributed by atoms with van der Waals surface area (Å²) < 4.78 is 4.80. The maximum absolute atomic E-state index is 13.2. The minimum absolute atomic E-state index is 0.152. The number of ether oxygens (including phenoxy) is 1. The van der Waals surface area contributed by atoms with Crippen molar-refractivity contribution in [3.8, 4) is 0 Å². The highest BCUT2D eigenvalue weighted by molar-refractivity contribution is 7.99. The van der Waals surface area contributed by atoms with E-state index in [9.17, 15) is 38.7 Å². The summed E-state index contributed by atoms with van der Waals surface area (Å²) >= 11 is 1.21. The van der Waals surface area contributed by atoms with Crippen molar-refractivity contribution < 1.29 is 48.5 Å². The van der Waals surface area contributed by atoms with E-state index >= 15 is 0 Å². The fourth-order valence-corrected chi connectivity index (χ4v) is 4.13. The number of thioether (sulfide) groups is 1. The van der Waals surface area contributed by atoms with Gasteiger partial charge in [0.2, 0.25) is 29.5 Å². The Morgan fingerprint density at radius 3 is 2.02 bits per heavy atom. The normalized spacial score (nSPS) is 15.6. The topological polar surface area (TPSA) is 255 Å². The number of carbonyl (C=O) groups excluding carboxylic acids is 6. The standard InChI is InChI=1S/C26H44N6O10S/c1-7-9-42-26(41)18(10-19(35)36)30-22(37)14(4)29-25(40)21(15(5)33)32-24(39)20(13(3)8-2)31-23(38)17(27)11-43-12-28-16(6)34/h7,13-15,17-18,20-21,33H,1,8-12,27H2,2-6H3,(H,28,34)(H,29,40)(H,30,37)(H,31,38)(H,32,39)(H,35,36)/t13-,14-,15+,17-,18-,20-,21-/m0/s1. The highest BCUT2D eigenvalue weighted by atomic mass is 32.2. The fourth-order valence-electron chi connectivity index (χ4n) is 3.30. The zero-order chi connectivity index (χ0) is 33.3. The van der Waals surface area contributed by atoms with Gasteiger partial charge in [-0.05, 0) is 19.8 Å². The lowest BCUT2D eigenvalue weighted by molar-refractivity contribution is -0.151. The number of nitrogens with one attached hydrogen (secondary N) is 5. The molecular formula is C26H44N6O10S. The van der Waals surface area contributed by atoms with E-state index < -0.39 is 84.2 Å². The van der Waals surface area contributed by atoms with Gasteiger partial charge in [-0.2, -0.15) is 0 Å². The molecule has 17 heteroatoms. The van der Waals surface area contributed by atoms with E-state index in [4.69, 9.17) is 15.6 Å². The number of hydrogen-bond donors (Lipinski definition) is 8. The SMILES string of the molecule is C=CCOC(=O)[C@H](CC(=O)O)NC(=O)[C@H](C)NC(=O)[C@@H](NC(=O)[C@@H](NC(=O)[C@@H](N)CSCNC(C)=O)[C@@H](C)CC)[C@@H](C)O. The Morgan fingerprint density at radius 1 is 0.930 bits per heavy atom. The van der Waals surface area contributed by atoms with E-state index in [2.05, 4.69) is 33.2 Å². The summed E-state index contributed by atoms with van der Waals surface area (Å²) in [6, 6.07) is -6.57. The smallest absolute Gasteiger partial charge is 0.329 e. The first kappa shape index (κ1) is 39.3. The lowest BCUT2D eigenvalue weighted by Crippen LogP contribution is -2.61. The number of aliphatic hydroxyl groups excluding tert-OH is 1. The molecule has 7 atom stereocenters. The van der Waals surface area contributed by atoms with E-state index in [1.54, 1.807) is 13.8 Å². The van der Waals surface area contributed by atoms with Gasteiger partial charge >= 0.3 is 11.9 Å². The Morgan fingerprint density at radius 2 is 1.51 bits per heavy atom.